The molecule has 0 aromatic heterocycles. The molecule has 2 aliphatic rings. The van der Waals surface area contributed by atoms with Gasteiger partial charge in [0, 0.05) is 38.3 Å². The minimum absolute atomic E-state index is 0. The van der Waals surface area contributed by atoms with E-state index in [4.69, 9.17) is 0 Å². The van der Waals surface area contributed by atoms with Crippen molar-refractivity contribution in [3.8, 4) is 0 Å². The largest absolute Gasteiger partial charge is 0.357 e. The van der Waals surface area contributed by atoms with Crippen LogP contribution in [0.15, 0.2) is 4.99 Å². The van der Waals surface area contributed by atoms with Crippen molar-refractivity contribution in [2.75, 3.05) is 26.2 Å². The SMILES string of the molecule is CCNC(=NCC(C)C)NC1CCN(C2CC2)C1.I. The minimum atomic E-state index is 0. The van der Waals surface area contributed by atoms with E-state index in [-0.39, 0.29) is 24.0 Å². The molecule has 0 amide bonds. The van der Waals surface area contributed by atoms with Crippen LogP contribution in [0.3, 0.4) is 0 Å². The van der Waals surface area contributed by atoms with E-state index in [1.165, 1.54) is 32.4 Å². The van der Waals surface area contributed by atoms with Crippen molar-refractivity contribution in [1.29, 1.82) is 0 Å². The average molecular weight is 380 g/mol. The molecular formula is C14H29IN4. The van der Waals surface area contributed by atoms with Crippen molar-refractivity contribution in [3.63, 3.8) is 0 Å². The van der Waals surface area contributed by atoms with Gasteiger partial charge in [-0.25, -0.2) is 0 Å². The van der Waals surface area contributed by atoms with Crippen molar-refractivity contribution < 1.29 is 0 Å². The number of likely N-dealkylation sites (tertiary alicyclic amines) is 1. The summed E-state index contributed by atoms with van der Waals surface area (Å²) in [5.74, 6) is 1.61. The lowest BCUT2D eigenvalue weighted by Crippen LogP contribution is -2.45. The van der Waals surface area contributed by atoms with Crippen molar-refractivity contribution in [3.05, 3.63) is 0 Å². The van der Waals surface area contributed by atoms with Crippen LogP contribution in [-0.4, -0.2) is 49.1 Å². The smallest absolute Gasteiger partial charge is 0.191 e. The molecule has 1 saturated heterocycles. The predicted molar refractivity (Wildman–Crippen MR) is 92.4 cm³/mol. The van der Waals surface area contributed by atoms with Gasteiger partial charge in [-0.1, -0.05) is 13.8 Å². The van der Waals surface area contributed by atoms with Crippen molar-refractivity contribution in [2.24, 2.45) is 10.9 Å². The Hall–Kier alpha value is -0.0400. The number of hydrogen-bond acceptors (Lipinski definition) is 2. The highest BCUT2D eigenvalue weighted by Crippen LogP contribution is 2.29. The van der Waals surface area contributed by atoms with Crippen molar-refractivity contribution >= 4 is 29.9 Å². The summed E-state index contributed by atoms with van der Waals surface area (Å²) in [5, 5.41) is 6.93. The Bertz CT molecular complexity index is 289. The van der Waals surface area contributed by atoms with Crippen LogP contribution in [0.1, 0.15) is 40.0 Å². The lowest BCUT2D eigenvalue weighted by atomic mass is 10.2. The van der Waals surface area contributed by atoms with Crippen LogP contribution >= 0.6 is 24.0 Å². The van der Waals surface area contributed by atoms with E-state index < -0.39 is 0 Å². The summed E-state index contributed by atoms with van der Waals surface area (Å²) in [5.41, 5.74) is 0. The van der Waals surface area contributed by atoms with E-state index in [1.54, 1.807) is 0 Å². The third-order valence-electron chi connectivity index (χ3n) is 3.58. The van der Waals surface area contributed by atoms with Gasteiger partial charge in [0.25, 0.3) is 0 Å². The van der Waals surface area contributed by atoms with E-state index in [1.807, 2.05) is 0 Å². The highest BCUT2D eigenvalue weighted by Gasteiger charge is 2.34. The molecule has 5 heteroatoms. The minimum Gasteiger partial charge on any atom is -0.357 e. The summed E-state index contributed by atoms with van der Waals surface area (Å²) in [4.78, 5) is 7.27. The zero-order chi connectivity index (χ0) is 13.0. The molecule has 1 atom stereocenters. The van der Waals surface area contributed by atoms with Gasteiger partial charge in [-0.3, -0.25) is 9.89 Å². The molecule has 0 spiro atoms. The molecule has 1 unspecified atom stereocenters. The van der Waals surface area contributed by atoms with Crippen LogP contribution in [0.2, 0.25) is 0 Å². The fourth-order valence-corrected chi connectivity index (χ4v) is 2.46. The van der Waals surface area contributed by atoms with Gasteiger partial charge in [0.1, 0.15) is 0 Å². The predicted octanol–water partition coefficient (Wildman–Crippen LogP) is 2.05. The van der Waals surface area contributed by atoms with Gasteiger partial charge in [-0.2, -0.15) is 0 Å². The van der Waals surface area contributed by atoms with Crippen LogP contribution in [0.25, 0.3) is 0 Å². The molecule has 2 fully saturated rings. The molecule has 0 bridgehead atoms. The molecular weight excluding hydrogens is 351 g/mol. The molecule has 2 rings (SSSR count). The van der Waals surface area contributed by atoms with Gasteiger partial charge >= 0.3 is 0 Å². The van der Waals surface area contributed by atoms with E-state index in [0.29, 0.717) is 12.0 Å². The Morgan fingerprint density at radius 1 is 1.32 bits per heavy atom. The maximum Gasteiger partial charge on any atom is 0.191 e. The zero-order valence-electron chi connectivity index (χ0n) is 12.5. The van der Waals surface area contributed by atoms with Gasteiger partial charge in [-0.15, -0.1) is 24.0 Å². The van der Waals surface area contributed by atoms with Gasteiger partial charge in [0.2, 0.25) is 0 Å². The first-order valence-corrected chi connectivity index (χ1v) is 7.48. The number of aliphatic imine (C=N–C) groups is 1. The third kappa shape index (κ3) is 5.85. The van der Waals surface area contributed by atoms with Crippen LogP contribution in [0.4, 0.5) is 0 Å². The molecule has 1 heterocycles. The van der Waals surface area contributed by atoms with Crippen LogP contribution in [-0.2, 0) is 0 Å². The molecule has 0 aromatic rings. The lowest BCUT2D eigenvalue weighted by molar-refractivity contribution is 0.321. The summed E-state index contributed by atoms with van der Waals surface area (Å²) in [6.07, 6.45) is 4.07. The van der Waals surface area contributed by atoms with E-state index in [0.717, 1.165) is 25.1 Å². The highest BCUT2D eigenvalue weighted by molar-refractivity contribution is 14.0. The number of nitrogens with one attached hydrogen (secondary N) is 2. The van der Waals surface area contributed by atoms with Gasteiger partial charge in [0.15, 0.2) is 5.96 Å². The van der Waals surface area contributed by atoms with Gasteiger partial charge in [0.05, 0.1) is 0 Å². The van der Waals surface area contributed by atoms with E-state index in [2.05, 4.69) is 41.3 Å². The number of halogens is 1. The Morgan fingerprint density at radius 2 is 2.05 bits per heavy atom. The van der Waals surface area contributed by atoms with Crippen molar-refractivity contribution in [2.45, 2.75) is 52.1 Å². The van der Waals surface area contributed by atoms with Crippen LogP contribution in [0, 0.1) is 5.92 Å². The Balaban J connectivity index is 0.00000180. The second-order valence-electron chi connectivity index (χ2n) is 5.97. The first kappa shape index (κ1) is 17.0. The number of hydrogen-bond donors (Lipinski definition) is 2. The van der Waals surface area contributed by atoms with Crippen LogP contribution < -0.4 is 10.6 Å². The van der Waals surface area contributed by atoms with E-state index in [9.17, 15) is 0 Å². The second-order valence-corrected chi connectivity index (χ2v) is 5.97. The Kier molecular flexibility index (Phi) is 7.42. The molecule has 1 saturated carbocycles. The lowest BCUT2D eigenvalue weighted by Gasteiger charge is -2.18. The third-order valence-corrected chi connectivity index (χ3v) is 3.58. The highest BCUT2D eigenvalue weighted by atomic mass is 127. The monoisotopic (exact) mass is 380 g/mol. The van der Waals surface area contributed by atoms with Gasteiger partial charge in [-0.05, 0) is 32.1 Å². The fourth-order valence-electron chi connectivity index (χ4n) is 2.46. The fraction of sp³-hybridized carbons (Fsp3) is 0.929. The molecule has 2 N–H and O–H groups in total. The molecule has 4 nitrogen and oxygen atoms in total. The quantitative estimate of drug-likeness (QED) is 0.436. The molecule has 1 aliphatic heterocycles. The Labute approximate surface area is 134 Å². The van der Waals surface area contributed by atoms with Gasteiger partial charge < -0.3 is 10.6 Å². The second kappa shape index (κ2) is 8.29. The standard InChI is InChI=1S/C14H28N4.HI/c1-4-15-14(16-9-11(2)3)17-12-7-8-18(10-12)13-5-6-13;/h11-13H,4-10H2,1-3H3,(H2,15,16,17);1H. The maximum absolute atomic E-state index is 4.64. The molecule has 112 valence electrons. The molecule has 0 radical (unpaired) electrons. The number of rotatable bonds is 5. The molecule has 19 heavy (non-hydrogen) atoms. The van der Waals surface area contributed by atoms with E-state index >= 15 is 0 Å². The summed E-state index contributed by atoms with van der Waals surface area (Å²) in [6.45, 7) is 10.8. The maximum atomic E-state index is 4.64. The molecule has 0 aromatic carbocycles. The first-order chi connectivity index (χ1) is 8.69. The summed E-state index contributed by atoms with van der Waals surface area (Å²) in [7, 11) is 0. The number of guanidine groups is 1. The summed E-state index contributed by atoms with van der Waals surface area (Å²) < 4.78 is 0. The average Bonchev–Trinajstić information content (AvgIpc) is 3.08. The molecule has 1 aliphatic carbocycles. The zero-order valence-corrected chi connectivity index (χ0v) is 14.8. The number of nitrogens with zero attached hydrogens (tertiary/aromatic N) is 2. The normalized spacial score (nSPS) is 24.4. The topological polar surface area (TPSA) is 39.7 Å². The van der Waals surface area contributed by atoms with Crippen molar-refractivity contribution in [1.82, 2.24) is 15.5 Å². The Morgan fingerprint density at radius 3 is 2.63 bits per heavy atom. The summed E-state index contributed by atoms with van der Waals surface area (Å²) in [6, 6.07) is 1.47. The summed E-state index contributed by atoms with van der Waals surface area (Å²) >= 11 is 0. The van der Waals surface area contributed by atoms with Crippen LogP contribution in [0.5, 0.6) is 0 Å². The first-order valence-electron chi connectivity index (χ1n) is 7.48.